The van der Waals surface area contributed by atoms with Crippen LogP contribution in [0.2, 0.25) is 5.02 Å². The summed E-state index contributed by atoms with van der Waals surface area (Å²) in [5.74, 6) is 1.44. The Morgan fingerprint density at radius 1 is 1.23 bits per heavy atom. The predicted molar refractivity (Wildman–Crippen MR) is 158 cm³/mol. The molecule has 4 rings (SSSR count). The van der Waals surface area contributed by atoms with Crippen LogP contribution in [0, 0.1) is 5.92 Å². The monoisotopic (exact) mass is 583 g/mol. The zero-order valence-corrected chi connectivity index (χ0v) is 24.4. The first kappa shape index (κ1) is 29.7. The number of rotatable bonds is 15. The van der Waals surface area contributed by atoms with E-state index >= 15 is 0 Å². The molecule has 11 heteroatoms. The summed E-state index contributed by atoms with van der Waals surface area (Å²) in [5.41, 5.74) is 0.632. The quantitative estimate of drug-likeness (QED) is 0.191. The number of likely N-dealkylation sites (N-methyl/N-ethyl adjacent to an activating group) is 1. The van der Waals surface area contributed by atoms with Gasteiger partial charge in [-0.3, -0.25) is 14.6 Å². The summed E-state index contributed by atoms with van der Waals surface area (Å²) in [7, 11) is 3.94. The Hall–Kier alpha value is -3.31. The second-order valence-electron chi connectivity index (χ2n) is 9.93. The standard InChI is InChI=1S/C29H34ClN5O4S/c1-19(34-28(37)21-10-11-32-25(14-21)26(36)17-31-12-13-35(2)3)4-8-23-16-33-29(40-23)39-27-9-7-22(15-24(27)30)38-18-20-5-6-20/h4,7-11,14-16,19-20,31H,5-6,12-13,17-18H2,1-3H3,(H,34,37)/b8-4+/t19-/m0/s1. The molecule has 3 aromatic rings. The molecule has 9 nitrogen and oxygen atoms in total. The van der Waals surface area contributed by atoms with E-state index in [9.17, 15) is 9.59 Å². The van der Waals surface area contributed by atoms with Gasteiger partial charge in [-0.15, -0.1) is 0 Å². The molecule has 40 heavy (non-hydrogen) atoms. The van der Waals surface area contributed by atoms with E-state index in [0.717, 1.165) is 23.8 Å². The van der Waals surface area contributed by atoms with E-state index in [1.54, 1.807) is 24.4 Å². The lowest BCUT2D eigenvalue weighted by Crippen LogP contribution is -2.32. The SMILES string of the molecule is C[C@@H](/C=C/c1cnc(Oc2ccc(OCC3CC3)cc2Cl)s1)NC(=O)c1ccnc(C(=O)CNCCN(C)C)c1. The Morgan fingerprint density at radius 3 is 2.80 bits per heavy atom. The number of thiazole rings is 1. The molecule has 1 saturated carbocycles. The van der Waals surface area contributed by atoms with Crippen molar-refractivity contribution < 1.29 is 19.1 Å². The maximum absolute atomic E-state index is 12.8. The highest BCUT2D eigenvalue weighted by atomic mass is 35.5. The summed E-state index contributed by atoms with van der Waals surface area (Å²) in [6.07, 6.45) is 9.35. The van der Waals surface area contributed by atoms with E-state index in [4.69, 9.17) is 21.1 Å². The van der Waals surface area contributed by atoms with Gasteiger partial charge >= 0.3 is 0 Å². The van der Waals surface area contributed by atoms with Gasteiger partial charge in [0.15, 0.2) is 5.78 Å². The maximum atomic E-state index is 12.8. The van der Waals surface area contributed by atoms with Crippen LogP contribution in [-0.2, 0) is 0 Å². The highest BCUT2D eigenvalue weighted by Crippen LogP contribution is 2.35. The number of pyridine rings is 1. The molecule has 1 aliphatic carbocycles. The number of Topliss-reactive ketones (excluding diaryl/α,β-unsaturated/α-hetero) is 1. The number of amides is 1. The molecule has 1 fully saturated rings. The summed E-state index contributed by atoms with van der Waals surface area (Å²) in [5, 5.41) is 6.92. The average Bonchev–Trinajstić information content (AvgIpc) is 3.66. The fraction of sp³-hybridized carbons (Fsp3) is 0.379. The number of nitrogens with zero attached hydrogens (tertiary/aromatic N) is 3. The smallest absolute Gasteiger partial charge is 0.279 e. The molecule has 0 bridgehead atoms. The van der Waals surface area contributed by atoms with E-state index in [-0.39, 0.29) is 30.0 Å². The van der Waals surface area contributed by atoms with Crippen LogP contribution < -0.4 is 20.1 Å². The van der Waals surface area contributed by atoms with Crippen molar-refractivity contribution in [3.05, 3.63) is 70.0 Å². The van der Waals surface area contributed by atoms with Gasteiger partial charge in [0.2, 0.25) is 0 Å². The molecular weight excluding hydrogens is 550 g/mol. The summed E-state index contributed by atoms with van der Waals surface area (Å²) in [4.78, 5) is 36.5. The number of nitrogens with one attached hydrogen (secondary N) is 2. The van der Waals surface area contributed by atoms with Crippen molar-refractivity contribution in [3.63, 3.8) is 0 Å². The van der Waals surface area contributed by atoms with Crippen LogP contribution in [0.25, 0.3) is 6.08 Å². The van der Waals surface area contributed by atoms with Gasteiger partial charge in [0.05, 0.1) is 23.1 Å². The Kier molecular flexibility index (Phi) is 10.7. The van der Waals surface area contributed by atoms with Crippen LogP contribution in [0.15, 0.2) is 48.8 Å². The number of aromatic nitrogens is 2. The van der Waals surface area contributed by atoms with E-state index in [1.807, 2.05) is 44.1 Å². The highest BCUT2D eigenvalue weighted by Gasteiger charge is 2.22. The molecular formula is C29H34ClN5O4S. The van der Waals surface area contributed by atoms with Crippen molar-refractivity contribution in [3.8, 4) is 16.7 Å². The lowest BCUT2D eigenvalue weighted by Gasteiger charge is -2.11. The number of ketones is 1. The molecule has 2 N–H and O–H groups in total. The van der Waals surface area contributed by atoms with Gasteiger partial charge in [-0.05, 0) is 70.1 Å². The van der Waals surface area contributed by atoms with Gasteiger partial charge in [0, 0.05) is 43.2 Å². The summed E-state index contributed by atoms with van der Waals surface area (Å²) in [6, 6.07) is 8.21. The molecule has 0 radical (unpaired) electrons. The normalized spacial score (nSPS) is 13.9. The molecule has 1 aliphatic rings. The maximum Gasteiger partial charge on any atom is 0.279 e. The minimum Gasteiger partial charge on any atom is -0.493 e. The molecule has 1 atom stereocenters. The molecule has 0 unspecified atom stereocenters. The lowest BCUT2D eigenvalue weighted by molar-refractivity contribution is 0.0947. The third-order valence-corrected chi connectivity index (χ3v) is 7.16. The predicted octanol–water partition coefficient (Wildman–Crippen LogP) is 4.94. The lowest BCUT2D eigenvalue weighted by atomic mass is 10.1. The molecule has 1 amide bonds. The Labute approximate surface area is 243 Å². The van der Waals surface area contributed by atoms with Crippen LogP contribution >= 0.6 is 22.9 Å². The topological polar surface area (TPSA) is 106 Å². The van der Waals surface area contributed by atoms with Crippen molar-refractivity contribution in [1.29, 1.82) is 0 Å². The third-order valence-electron chi connectivity index (χ3n) is 6.02. The minimum atomic E-state index is -0.290. The first-order chi connectivity index (χ1) is 19.3. The number of hydrogen-bond donors (Lipinski definition) is 2. The second kappa shape index (κ2) is 14.4. The molecule has 1 aromatic carbocycles. The highest BCUT2D eigenvalue weighted by molar-refractivity contribution is 7.14. The van der Waals surface area contributed by atoms with Crippen molar-refractivity contribution in [2.24, 2.45) is 5.92 Å². The zero-order chi connectivity index (χ0) is 28.5. The number of benzene rings is 1. The molecule has 0 saturated heterocycles. The number of carbonyl (C=O) groups excluding carboxylic acids is 2. The van der Waals surface area contributed by atoms with Crippen molar-refractivity contribution in [1.82, 2.24) is 25.5 Å². The van der Waals surface area contributed by atoms with E-state index in [2.05, 4.69) is 20.6 Å². The van der Waals surface area contributed by atoms with Crippen LogP contribution in [0.5, 0.6) is 16.7 Å². The number of carbonyl (C=O) groups is 2. The largest absolute Gasteiger partial charge is 0.493 e. The van der Waals surface area contributed by atoms with Crippen molar-refractivity contribution >= 4 is 40.7 Å². The molecule has 0 aliphatic heterocycles. The van der Waals surface area contributed by atoms with Crippen molar-refractivity contribution in [2.75, 3.05) is 40.3 Å². The molecule has 212 valence electrons. The summed E-state index contributed by atoms with van der Waals surface area (Å²) in [6.45, 7) is 4.25. The first-order valence-electron chi connectivity index (χ1n) is 13.2. The average molecular weight is 584 g/mol. The number of ether oxygens (including phenoxy) is 2. The Bertz CT molecular complexity index is 1340. The van der Waals surface area contributed by atoms with Crippen LogP contribution in [0.4, 0.5) is 0 Å². The number of hydrogen-bond acceptors (Lipinski definition) is 9. The fourth-order valence-electron chi connectivity index (χ4n) is 3.54. The van der Waals surface area contributed by atoms with E-state index in [1.165, 1.54) is 36.4 Å². The van der Waals surface area contributed by atoms with Gasteiger partial charge in [-0.1, -0.05) is 29.0 Å². The molecule has 2 heterocycles. The molecule has 2 aromatic heterocycles. The van der Waals surface area contributed by atoms with E-state index < -0.39 is 0 Å². The fourth-order valence-corrected chi connectivity index (χ4v) is 4.44. The van der Waals surface area contributed by atoms with Gasteiger partial charge in [-0.25, -0.2) is 4.98 Å². The number of halogens is 1. The van der Waals surface area contributed by atoms with Crippen LogP contribution in [0.1, 0.15) is 45.5 Å². The minimum absolute atomic E-state index is 0.163. The van der Waals surface area contributed by atoms with Gasteiger partial charge in [0.1, 0.15) is 17.2 Å². The van der Waals surface area contributed by atoms with Crippen molar-refractivity contribution in [2.45, 2.75) is 25.8 Å². The second-order valence-corrected chi connectivity index (χ2v) is 11.4. The van der Waals surface area contributed by atoms with Gasteiger partial charge in [0.25, 0.3) is 11.1 Å². The van der Waals surface area contributed by atoms with Gasteiger partial charge in [-0.2, -0.15) is 0 Å². The van der Waals surface area contributed by atoms with E-state index in [0.29, 0.717) is 34.0 Å². The van der Waals surface area contributed by atoms with Crippen LogP contribution in [-0.4, -0.2) is 72.9 Å². The zero-order valence-electron chi connectivity index (χ0n) is 22.9. The Morgan fingerprint density at radius 2 is 2.05 bits per heavy atom. The summed E-state index contributed by atoms with van der Waals surface area (Å²) < 4.78 is 11.6. The van der Waals surface area contributed by atoms with Crippen LogP contribution in [0.3, 0.4) is 0 Å². The third kappa shape index (κ3) is 9.41. The van der Waals surface area contributed by atoms with Gasteiger partial charge < -0.3 is 25.0 Å². The first-order valence-corrected chi connectivity index (χ1v) is 14.4. The molecule has 0 spiro atoms. The summed E-state index contributed by atoms with van der Waals surface area (Å²) >= 11 is 7.73. The Balaban J connectivity index is 1.26.